The number of hydrogen-bond donors (Lipinski definition) is 1. The van der Waals surface area contributed by atoms with Crippen LogP contribution in [0.5, 0.6) is 0 Å². The SMILES string of the molecule is CCNCc1cc(F)cnc1N(CC)c1cccc(F)c1. The Balaban J connectivity index is 2.41. The zero-order chi connectivity index (χ0) is 15.2. The number of anilines is 2. The van der Waals surface area contributed by atoms with Crippen LogP contribution in [0.1, 0.15) is 19.4 Å². The largest absolute Gasteiger partial charge is 0.326 e. The van der Waals surface area contributed by atoms with Gasteiger partial charge in [0.05, 0.1) is 6.20 Å². The van der Waals surface area contributed by atoms with Crippen LogP contribution in [0.2, 0.25) is 0 Å². The van der Waals surface area contributed by atoms with Gasteiger partial charge in [-0.2, -0.15) is 0 Å². The standard InChI is InChI=1S/C16H19F2N3/c1-3-19-10-12-8-14(18)11-20-16(12)21(4-2)15-7-5-6-13(17)9-15/h5-9,11,19H,3-4,10H2,1-2H3. The maximum atomic E-state index is 13.4. The molecule has 0 aliphatic rings. The third kappa shape index (κ3) is 3.76. The predicted molar refractivity (Wildman–Crippen MR) is 80.7 cm³/mol. The first-order chi connectivity index (χ1) is 10.2. The van der Waals surface area contributed by atoms with Gasteiger partial charge in [-0.25, -0.2) is 13.8 Å². The zero-order valence-corrected chi connectivity index (χ0v) is 12.2. The van der Waals surface area contributed by atoms with E-state index in [0.29, 0.717) is 24.6 Å². The van der Waals surface area contributed by atoms with Gasteiger partial charge in [0.2, 0.25) is 0 Å². The molecule has 112 valence electrons. The van der Waals surface area contributed by atoms with E-state index < -0.39 is 0 Å². The summed E-state index contributed by atoms with van der Waals surface area (Å²) in [5, 5.41) is 3.17. The van der Waals surface area contributed by atoms with Gasteiger partial charge in [0.1, 0.15) is 17.5 Å². The van der Waals surface area contributed by atoms with Gasteiger partial charge < -0.3 is 10.2 Å². The van der Waals surface area contributed by atoms with Crippen molar-refractivity contribution in [2.75, 3.05) is 18.0 Å². The Labute approximate surface area is 123 Å². The van der Waals surface area contributed by atoms with Crippen molar-refractivity contribution >= 4 is 11.5 Å². The van der Waals surface area contributed by atoms with Crippen LogP contribution < -0.4 is 10.2 Å². The van der Waals surface area contributed by atoms with E-state index in [1.54, 1.807) is 6.07 Å². The summed E-state index contributed by atoms with van der Waals surface area (Å²) in [5.74, 6) is -0.0336. The molecule has 0 atom stereocenters. The molecule has 0 aliphatic carbocycles. The van der Waals surface area contributed by atoms with Gasteiger partial charge >= 0.3 is 0 Å². The Hall–Kier alpha value is -2.01. The number of pyridine rings is 1. The lowest BCUT2D eigenvalue weighted by Gasteiger charge is -2.24. The van der Waals surface area contributed by atoms with Crippen molar-refractivity contribution in [2.45, 2.75) is 20.4 Å². The van der Waals surface area contributed by atoms with Crippen LogP contribution in [-0.2, 0) is 6.54 Å². The first-order valence-corrected chi connectivity index (χ1v) is 7.04. The second-order valence-electron chi connectivity index (χ2n) is 4.64. The summed E-state index contributed by atoms with van der Waals surface area (Å²) in [4.78, 5) is 6.07. The highest BCUT2D eigenvalue weighted by atomic mass is 19.1. The second kappa shape index (κ2) is 7.13. The molecule has 21 heavy (non-hydrogen) atoms. The molecule has 0 fully saturated rings. The minimum absolute atomic E-state index is 0.304. The van der Waals surface area contributed by atoms with Crippen LogP contribution in [-0.4, -0.2) is 18.1 Å². The fraction of sp³-hybridized carbons (Fsp3) is 0.312. The molecule has 0 saturated carbocycles. The van der Waals surface area contributed by atoms with Gasteiger partial charge in [-0.05, 0) is 37.7 Å². The molecule has 0 radical (unpaired) electrons. The summed E-state index contributed by atoms with van der Waals surface area (Å²) < 4.78 is 26.9. The molecule has 1 N–H and O–H groups in total. The highest BCUT2D eigenvalue weighted by Crippen LogP contribution is 2.27. The average molecular weight is 291 g/mol. The van der Waals surface area contributed by atoms with Crippen LogP contribution in [0.4, 0.5) is 20.3 Å². The molecule has 1 aromatic carbocycles. The fourth-order valence-electron chi connectivity index (χ4n) is 2.21. The van der Waals surface area contributed by atoms with E-state index in [1.807, 2.05) is 24.8 Å². The van der Waals surface area contributed by atoms with E-state index >= 15 is 0 Å². The number of halogens is 2. The lowest BCUT2D eigenvalue weighted by Crippen LogP contribution is -2.22. The molecule has 2 rings (SSSR count). The molecule has 0 aliphatic heterocycles. The van der Waals surface area contributed by atoms with Crippen molar-refractivity contribution in [1.82, 2.24) is 10.3 Å². The van der Waals surface area contributed by atoms with E-state index in [2.05, 4.69) is 10.3 Å². The fourth-order valence-corrected chi connectivity index (χ4v) is 2.21. The van der Waals surface area contributed by atoms with Gasteiger partial charge in [0.15, 0.2) is 0 Å². The lowest BCUT2D eigenvalue weighted by atomic mass is 10.2. The zero-order valence-electron chi connectivity index (χ0n) is 12.2. The summed E-state index contributed by atoms with van der Waals surface area (Å²) in [7, 11) is 0. The van der Waals surface area contributed by atoms with Crippen LogP contribution in [0, 0.1) is 11.6 Å². The molecule has 0 amide bonds. The number of aromatic nitrogens is 1. The van der Waals surface area contributed by atoms with Crippen molar-refractivity contribution in [3.05, 3.63) is 53.7 Å². The van der Waals surface area contributed by atoms with Crippen molar-refractivity contribution in [2.24, 2.45) is 0 Å². The Kier molecular flexibility index (Phi) is 5.22. The summed E-state index contributed by atoms with van der Waals surface area (Å²) in [6.45, 7) is 5.84. The summed E-state index contributed by atoms with van der Waals surface area (Å²) in [5.41, 5.74) is 1.46. The van der Waals surface area contributed by atoms with Gasteiger partial charge in [0, 0.05) is 24.3 Å². The maximum absolute atomic E-state index is 13.4. The average Bonchev–Trinajstić information content (AvgIpc) is 2.48. The van der Waals surface area contributed by atoms with Gasteiger partial charge in [-0.3, -0.25) is 0 Å². The Morgan fingerprint density at radius 3 is 2.62 bits per heavy atom. The summed E-state index contributed by atoms with van der Waals surface area (Å²) in [6, 6.07) is 7.78. The third-order valence-corrected chi connectivity index (χ3v) is 3.17. The maximum Gasteiger partial charge on any atom is 0.141 e. The highest BCUT2D eigenvalue weighted by Gasteiger charge is 2.14. The molecular weight excluding hydrogens is 272 g/mol. The summed E-state index contributed by atoms with van der Waals surface area (Å²) in [6.07, 6.45) is 1.19. The first kappa shape index (κ1) is 15.4. The topological polar surface area (TPSA) is 28.2 Å². The Morgan fingerprint density at radius 2 is 1.95 bits per heavy atom. The lowest BCUT2D eigenvalue weighted by molar-refractivity contribution is 0.613. The van der Waals surface area contributed by atoms with Gasteiger partial charge in [-0.1, -0.05) is 13.0 Å². The second-order valence-corrected chi connectivity index (χ2v) is 4.64. The minimum Gasteiger partial charge on any atom is -0.326 e. The highest BCUT2D eigenvalue weighted by molar-refractivity contribution is 5.62. The molecule has 5 heteroatoms. The monoisotopic (exact) mass is 291 g/mol. The number of nitrogens with zero attached hydrogens (tertiary/aromatic N) is 2. The molecule has 0 spiro atoms. The predicted octanol–water partition coefficient (Wildman–Crippen LogP) is 3.63. The van der Waals surface area contributed by atoms with E-state index in [-0.39, 0.29) is 11.6 Å². The van der Waals surface area contributed by atoms with Crippen LogP contribution in [0.25, 0.3) is 0 Å². The smallest absolute Gasteiger partial charge is 0.141 e. The van der Waals surface area contributed by atoms with E-state index in [9.17, 15) is 8.78 Å². The van der Waals surface area contributed by atoms with E-state index in [0.717, 1.165) is 12.1 Å². The third-order valence-electron chi connectivity index (χ3n) is 3.17. The molecular formula is C16H19F2N3. The van der Waals surface area contributed by atoms with Gasteiger partial charge in [0.25, 0.3) is 0 Å². The molecule has 1 aromatic heterocycles. The van der Waals surface area contributed by atoms with Crippen LogP contribution in [0.3, 0.4) is 0 Å². The van der Waals surface area contributed by atoms with Gasteiger partial charge in [-0.15, -0.1) is 0 Å². The number of hydrogen-bond acceptors (Lipinski definition) is 3. The molecule has 0 saturated heterocycles. The number of nitrogens with one attached hydrogen (secondary N) is 1. The number of benzene rings is 1. The molecule has 1 heterocycles. The van der Waals surface area contributed by atoms with Crippen LogP contribution in [0.15, 0.2) is 36.5 Å². The molecule has 3 nitrogen and oxygen atoms in total. The molecule has 0 unspecified atom stereocenters. The summed E-state index contributed by atoms with van der Waals surface area (Å²) >= 11 is 0. The van der Waals surface area contributed by atoms with Crippen molar-refractivity contribution in [3.63, 3.8) is 0 Å². The van der Waals surface area contributed by atoms with E-state index in [4.69, 9.17) is 0 Å². The van der Waals surface area contributed by atoms with Crippen molar-refractivity contribution in [3.8, 4) is 0 Å². The Bertz CT molecular complexity index is 602. The number of rotatable bonds is 6. The van der Waals surface area contributed by atoms with Crippen LogP contribution >= 0.6 is 0 Å². The quantitative estimate of drug-likeness (QED) is 0.881. The first-order valence-electron chi connectivity index (χ1n) is 7.04. The van der Waals surface area contributed by atoms with E-state index in [1.165, 1.54) is 24.4 Å². The normalized spacial score (nSPS) is 10.7. The Morgan fingerprint density at radius 1 is 1.14 bits per heavy atom. The molecule has 0 bridgehead atoms. The van der Waals surface area contributed by atoms with Crippen molar-refractivity contribution in [1.29, 1.82) is 0 Å². The minimum atomic E-state index is -0.373. The molecule has 2 aromatic rings. The van der Waals surface area contributed by atoms with Crippen molar-refractivity contribution < 1.29 is 8.78 Å².